The van der Waals surface area contributed by atoms with Crippen molar-refractivity contribution in [2.45, 2.75) is 338 Å². The molecule has 712 valence electrons. The summed E-state index contributed by atoms with van der Waals surface area (Å²) in [6, 6.07) is 0. The van der Waals surface area contributed by atoms with Crippen LogP contribution in [0.4, 0.5) is 0 Å². The van der Waals surface area contributed by atoms with Gasteiger partial charge in [-0.15, -0.1) is 0 Å². The summed E-state index contributed by atoms with van der Waals surface area (Å²) in [5, 5.41) is 382. The molecule has 55 atom stereocenters. The molecule has 35 N–H and O–H groups in total. The van der Waals surface area contributed by atoms with Crippen LogP contribution in [0.5, 0.6) is 0 Å². The fourth-order valence-corrected chi connectivity index (χ4v) is 15.7. The van der Waals surface area contributed by atoms with E-state index in [1.165, 1.54) is 0 Å². The molecule has 1 unspecified atom stereocenters. The van der Waals surface area contributed by atoms with Crippen LogP contribution >= 0.6 is 0 Å². The van der Waals surface area contributed by atoms with E-state index in [1.54, 1.807) is 0 Å². The molecule has 11 saturated heterocycles. The monoisotopic (exact) mass is 1800 g/mol. The summed E-state index contributed by atoms with van der Waals surface area (Å²) in [5.41, 5.74) is 0. The zero-order valence-corrected chi connectivity index (χ0v) is 63.8. The third-order valence-electron chi connectivity index (χ3n) is 23.0. The molecule has 0 saturated carbocycles. The van der Waals surface area contributed by atoms with Crippen molar-refractivity contribution in [1.82, 2.24) is 0 Å². The normalized spacial score (nSPS) is 53.8. The van der Waals surface area contributed by atoms with Gasteiger partial charge in [0, 0.05) is 0 Å². The molecule has 11 fully saturated rings. The number of aliphatic hydroxyl groups excluding tert-OH is 35. The van der Waals surface area contributed by atoms with Crippen LogP contribution in [0.15, 0.2) is 0 Å². The van der Waals surface area contributed by atoms with Gasteiger partial charge >= 0.3 is 0 Å². The molecule has 56 nitrogen and oxygen atoms in total. The van der Waals surface area contributed by atoms with E-state index in [4.69, 9.17) is 99.5 Å². The molecule has 0 radical (unpaired) electrons. The molecule has 11 aliphatic rings. The van der Waals surface area contributed by atoms with Crippen molar-refractivity contribution in [3.8, 4) is 0 Å². The van der Waals surface area contributed by atoms with Gasteiger partial charge in [-0.05, 0) is 0 Å². The van der Waals surface area contributed by atoms with Crippen molar-refractivity contribution in [3.05, 3.63) is 0 Å². The fourth-order valence-electron chi connectivity index (χ4n) is 15.7. The van der Waals surface area contributed by atoms with Gasteiger partial charge in [0.05, 0.1) is 72.7 Å². The van der Waals surface area contributed by atoms with Gasteiger partial charge in [-0.3, -0.25) is 0 Å². The molecule has 56 heteroatoms. The van der Waals surface area contributed by atoms with Crippen LogP contribution in [0.3, 0.4) is 0 Å². The molecule has 0 amide bonds. The quantitative estimate of drug-likeness (QED) is 0.0306. The number of hydrogen-bond acceptors (Lipinski definition) is 56. The minimum absolute atomic E-state index is 0.918. The Labute approximate surface area is 687 Å². The van der Waals surface area contributed by atoms with Crippen LogP contribution in [0, 0.1) is 0 Å². The predicted octanol–water partition coefficient (Wildman–Crippen LogP) is -25.0. The summed E-state index contributed by atoms with van der Waals surface area (Å²) in [6.07, 6.45) is -115. The topological polar surface area (TPSA) is 902 Å². The Balaban J connectivity index is 0.716. The van der Waals surface area contributed by atoms with Gasteiger partial charge in [-0.1, -0.05) is 0 Å². The lowest BCUT2D eigenvalue weighted by Gasteiger charge is -2.49. The van der Waals surface area contributed by atoms with E-state index < -0.39 is 410 Å². The van der Waals surface area contributed by atoms with Crippen LogP contribution in [-0.4, -0.2) is 589 Å². The number of hydrogen-bond donors (Lipinski definition) is 35. The molecule has 0 aromatic heterocycles. The molecule has 122 heavy (non-hydrogen) atoms. The maximum absolute atomic E-state index is 11.8. The minimum atomic E-state index is -2.41. The van der Waals surface area contributed by atoms with Crippen molar-refractivity contribution in [2.24, 2.45) is 0 Å². The highest BCUT2D eigenvalue weighted by Crippen LogP contribution is 2.41. The van der Waals surface area contributed by atoms with E-state index in [9.17, 15) is 179 Å². The lowest BCUT2D eigenvalue weighted by Crippen LogP contribution is -2.68. The molecule has 0 aromatic carbocycles. The first kappa shape index (κ1) is 100. The maximum Gasteiger partial charge on any atom is 0.187 e. The molecule has 0 aliphatic carbocycles. The van der Waals surface area contributed by atoms with Crippen LogP contribution in [0.1, 0.15) is 0 Å². The summed E-state index contributed by atoms with van der Waals surface area (Å²) in [4.78, 5) is 0. The largest absolute Gasteiger partial charge is 0.394 e. The molecular weight excluding hydrogens is 1690 g/mol. The van der Waals surface area contributed by atoms with Gasteiger partial charge in [0.15, 0.2) is 69.2 Å². The van der Waals surface area contributed by atoms with E-state index in [-0.39, 0.29) is 0 Å². The van der Waals surface area contributed by atoms with Crippen molar-refractivity contribution < 1.29 is 278 Å². The van der Waals surface area contributed by atoms with Gasteiger partial charge in [-0.2, -0.15) is 0 Å². The van der Waals surface area contributed by atoms with Gasteiger partial charge in [0.1, 0.15) is 269 Å². The first-order chi connectivity index (χ1) is 57.9. The second-order valence-electron chi connectivity index (χ2n) is 30.9. The molecule has 11 aliphatic heterocycles. The van der Waals surface area contributed by atoms with Crippen molar-refractivity contribution >= 4 is 0 Å². The average Bonchev–Trinajstić information content (AvgIpc) is 0.773. The van der Waals surface area contributed by atoms with Gasteiger partial charge in [-0.25, -0.2) is 0 Å². The molecule has 11 heterocycles. The highest BCUT2D eigenvalue weighted by Gasteiger charge is 2.62. The lowest BCUT2D eigenvalue weighted by molar-refractivity contribution is -0.396. The predicted molar refractivity (Wildman–Crippen MR) is 362 cm³/mol. The maximum atomic E-state index is 11.8. The Kier molecular flexibility index (Phi) is 35.7. The zero-order valence-electron chi connectivity index (χ0n) is 63.8. The number of ether oxygens (including phenoxy) is 21. The van der Waals surface area contributed by atoms with Crippen LogP contribution in [0.2, 0.25) is 0 Å². The highest BCUT2D eigenvalue weighted by molar-refractivity contribution is 5.04. The third-order valence-corrected chi connectivity index (χ3v) is 23.0. The van der Waals surface area contributed by atoms with E-state index in [1.807, 2.05) is 0 Å². The third kappa shape index (κ3) is 20.8. The van der Waals surface area contributed by atoms with Crippen LogP contribution < -0.4 is 0 Å². The molecular formula is C66H112O56. The average molecular weight is 1800 g/mol. The van der Waals surface area contributed by atoms with Gasteiger partial charge in [0.2, 0.25) is 0 Å². The Hall–Kier alpha value is -2.24. The smallest absolute Gasteiger partial charge is 0.187 e. The molecule has 0 bridgehead atoms. The second-order valence-corrected chi connectivity index (χ2v) is 30.9. The van der Waals surface area contributed by atoms with Gasteiger partial charge in [0.25, 0.3) is 0 Å². The SMILES string of the molecule is OC[C@H]1O[C@@H](O[C@@H]2[C@@H](O)[C@H](O[C@@H]3[C@@H](O)[C@H](OC[C@H]4O[C@@H](O[C@@H]5[C@@H](O)[C@H](O[C@@H]6[C@@H](O)[C@H](OC[C@H]7O[C@@H](O[C@@H]8[C@@H](O)[C@H](O[C@@H]9[C@@H](O)[C@H](O[C@@H]%10[C@@H](O)[C@H](O[C@H]%11[C@H](O)[C@@H](CO)OC(O)[C@@H]%11O)O[C@H](CO)[C@H]%10O)O[C@H](CO)[C@H]9O)O[C@H](CO)[C@H]8O)[C@H](O)[C@@H](O)[C@@H]7O)O[C@H](CO)[C@H]6O)O[C@H](CO)[C@H]5O)[C@H](O)[C@@H](O)[C@@H]4O)O[C@H](CO)[C@H]3O)O[C@H](CO)[C@H]2O)[C@H](O)[C@@H](O)[C@@H]1O. The number of rotatable bonds is 31. The first-order valence-electron chi connectivity index (χ1n) is 38.7. The first-order valence-corrected chi connectivity index (χ1v) is 38.7. The Morgan fingerprint density at radius 1 is 0.139 bits per heavy atom. The van der Waals surface area contributed by atoms with Crippen LogP contribution in [-0.2, 0) is 99.5 Å². The summed E-state index contributed by atoms with van der Waals surface area (Å²) in [7, 11) is 0. The summed E-state index contributed by atoms with van der Waals surface area (Å²) in [5.74, 6) is 0. The fraction of sp³-hybridized carbons (Fsp3) is 1.00. The van der Waals surface area contributed by atoms with Gasteiger partial charge < -0.3 is 278 Å². The summed E-state index contributed by atoms with van der Waals surface area (Å²) in [6.45, 7) is -11.7. The lowest BCUT2D eigenvalue weighted by atomic mass is 9.95. The standard InChI is InChI=1S/C66H112O56/c67-1-12-23(76)34(87)37(90)59(107-12)116-51-29(82)16(5-71)109-63(43(51)96)119-49-27(80)14(3-69)105-57(41(49)94)102-10-21-24(77)35(88)38(91)60(113-21)117-52-30(83)17(6-72)110-64(44(52)97)120-50-28(81)15(4-70)106-58(42(50)95)103-11-22-25(78)36(89)39(92)61(114-22)118-53-31(84)18(7-73)111-65(45(53)98)122-55-33(86)20(9-75)112-66(47(55)100)121-54-32(85)19(8-74)108-62(46(54)99)115-48-26(79)13(2-68)104-56(101)40(48)93/h12-101H,1-11H2/t12-,13-,14-,15-,16-,17-,18-,19-,20-,21-,22-,23-,24-,25-,26-,27-,28-,29-,30-,31-,32-,33-,34+,35+,36+,37-,38-,39-,40-,41-,42-,43-,44-,45-,46-,47-,48+,49+,50+,51+,52+,53+,54+,55+,56?,57-,58-,59+,60+,61+,62+,63+,64+,65+,66+/m1/s1. The van der Waals surface area contributed by atoms with Crippen molar-refractivity contribution in [3.63, 3.8) is 0 Å². The highest BCUT2D eigenvalue weighted by atomic mass is 16.8. The van der Waals surface area contributed by atoms with Crippen molar-refractivity contribution in [1.29, 1.82) is 0 Å². The van der Waals surface area contributed by atoms with Crippen LogP contribution in [0.25, 0.3) is 0 Å². The second kappa shape index (κ2) is 43.4. The summed E-state index contributed by atoms with van der Waals surface area (Å²) >= 11 is 0. The Bertz CT molecular complexity index is 3120. The number of aliphatic hydroxyl groups is 35. The molecule has 0 spiro atoms. The van der Waals surface area contributed by atoms with E-state index in [0.717, 1.165) is 0 Å². The van der Waals surface area contributed by atoms with Crippen molar-refractivity contribution in [2.75, 3.05) is 72.7 Å². The Morgan fingerprint density at radius 2 is 0.287 bits per heavy atom. The Morgan fingerprint density at radius 3 is 0.492 bits per heavy atom. The van der Waals surface area contributed by atoms with E-state index in [0.29, 0.717) is 0 Å². The van der Waals surface area contributed by atoms with E-state index in [2.05, 4.69) is 0 Å². The molecule has 11 rings (SSSR count). The summed E-state index contributed by atoms with van der Waals surface area (Å²) < 4.78 is 118. The minimum Gasteiger partial charge on any atom is -0.394 e. The van der Waals surface area contributed by atoms with E-state index >= 15 is 0 Å². The molecule has 0 aromatic rings. The zero-order chi connectivity index (χ0) is 89.4.